The summed E-state index contributed by atoms with van der Waals surface area (Å²) in [6.45, 7) is 9.34. The number of hydrogen-bond acceptors (Lipinski definition) is 3. The highest BCUT2D eigenvalue weighted by Gasteiger charge is 2.22. The number of benzene rings is 1. The Hall–Kier alpha value is -0.870. The van der Waals surface area contributed by atoms with Gasteiger partial charge in [0.1, 0.15) is 0 Å². The zero-order chi connectivity index (χ0) is 18.8. The fourth-order valence-electron chi connectivity index (χ4n) is 3.15. The Bertz CT molecular complexity index is 614. The molecule has 0 spiro atoms. The van der Waals surface area contributed by atoms with E-state index in [1.165, 1.54) is 19.4 Å². The third kappa shape index (κ3) is 8.35. The second-order valence-corrected chi connectivity index (χ2v) is 7.25. The monoisotopic (exact) mass is 551 g/mol. The molecular formula is C19H31BrIN5O. The highest BCUT2D eigenvalue weighted by atomic mass is 127. The van der Waals surface area contributed by atoms with Crippen molar-refractivity contribution < 1.29 is 4.79 Å². The van der Waals surface area contributed by atoms with Crippen molar-refractivity contribution in [3.05, 3.63) is 34.3 Å². The number of aliphatic imine (C=N–C) groups is 1. The van der Waals surface area contributed by atoms with Crippen molar-refractivity contribution in [2.24, 2.45) is 4.99 Å². The van der Waals surface area contributed by atoms with E-state index in [-0.39, 0.29) is 29.9 Å². The number of likely N-dealkylation sites (tertiary alicyclic amines) is 1. The summed E-state index contributed by atoms with van der Waals surface area (Å²) < 4.78 is 0.901. The smallest absolute Gasteiger partial charge is 0.251 e. The lowest BCUT2D eigenvalue weighted by Crippen LogP contribution is -2.42. The van der Waals surface area contributed by atoms with Crippen LogP contribution in [0.3, 0.4) is 0 Å². The quantitative estimate of drug-likeness (QED) is 0.201. The van der Waals surface area contributed by atoms with Gasteiger partial charge in [0.05, 0.1) is 6.54 Å². The van der Waals surface area contributed by atoms with Crippen LogP contribution < -0.4 is 16.0 Å². The molecule has 1 aliphatic rings. The minimum Gasteiger partial charge on any atom is -0.357 e. The number of nitrogens with zero attached hydrogens (tertiary/aromatic N) is 2. The van der Waals surface area contributed by atoms with E-state index >= 15 is 0 Å². The van der Waals surface area contributed by atoms with E-state index in [1.807, 2.05) is 18.2 Å². The average Bonchev–Trinajstić information content (AvgIpc) is 3.10. The van der Waals surface area contributed by atoms with Gasteiger partial charge in [-0.05, 0) is 51.1 Å². The van der Waals surface area contributed by atoms with Crippen LogP contribution in [0.2, 0.25) is 0 Å². The van der Waals surface area contributed by atoms with Crippen molar-refractivity contribution >= 4 is 51.8 Å². The minimum absolute atomic E-state index is 0. The first kappa shape index (κ1) is 24.2. The highest BCUT2D eigenvalue weighted by molar-refractivity contribution is 14.0. The molecule has 1 heterocycles. The lowest BCUT2D eigenvalue weighted by Gasteiger charge is -2.21. The predicted octanol–water partition coefficient (Wildman–Crippen LogP) is 2.84. The van der Waals surface area contributed by atoms with Crippen LogP contribution in [0, 0.1) is 0 Å². The lowest BCUT2D eigenvalue weighted by atomic mass is 10.2. The Morgan fingerprint density at radius 2 is 2.04 bits per heavy atom. The van der Waals surface area contributed by atoms with Crippen molar-refractivity contribution in [3.63, 3.8) is 0 Å². The third-order valence-corrected chi connectivity index (χ3v) is 4.99. The van der Waals surface area contributed by atoms with Crippen molar-refractivity contribution in [1.82, 2.24) is 20.9 Å². The molecule has 1 amide bonds. The summed E-state index contributed by atoms with van der Waals surface area (Å²) in [7, 11) is 0. The van der Waals surface area contributed by atoms with Crippen molar-refractivity contribution in [2.75, 3.05) is 39.3 Å². The van der Waals surface area contributed by atoms with Gasteiger partial charge in [-0.3, -0.25) is 14.7 Å². The topological polar surface area (TPSA) is 68.8 Å². The van der Waals surface area contributed by atoms with Crippen molar-refractivity contribution in [3.8, 4) is 0 Å². The van der Waals surface area contributed by atoms with Gasteiger partial charge in [-0.2, -0.15) is 0 Å². The maximum absolute atomic E-state index is 12.1. The first-order chi connectivity index (χ1) is 12.6. The molecule has 1 aromatic rings. The molecule has 1 fully saturated rings. The van der Waals surface area contributed by atoms with Gasteiger partial charge in [-0.25, -0.2) is 0 Å². The van der Waals surface area contributed by atoms with Crippen LogP contribution in [0.1, 0.15) is 37.0 Å². The number of carbonyl (C=O) groups is 1. The number of rotatable bonds is 8. The molecule has 1 aromatic carbocycles. The van der Waals surface area contributed by atoms with Crippen LogP contribution in [0.4, 0.5) is 0 Å². The normalized spacial score (nSPS) is 17.3. The van der Waals surface area contributed by atoms with Gasteiger partial charge in [0, 0.05) is 35.7 Å². The van der Waals surface area contributed by atoms with Crippen LogP contribution in [0.15, 0.2) is 33.7 Å². The second-order valence-electron chi connectivity index (χ2n) is 6.34. The Labute approximate surface area is 188 Å². The Morgan fingerprint density at radius 1 is 1.26 bits per heavy atom. The van der Waals surface area contributed by atoms with E-state index in [1.54, 1.807) is 6.07 Å². The van der Waals surface area contributed by atoms with E-state index < -0.39 is 0 Å². The highest BCUT2D eigenvalue weighted by Crippen LogP contribution is 2.16. The summed E-state index contributed by atoms with van der Waals surface area (Å²) in [5.74, 6) is 0.742. The van der Waals surface area contributed by atoms with Crippen LogP contribution in [0.5, 0.6) is 0 Å². The van der Waals surface area contributed by atoms with E-state index in [4.69, 9.17) is 4.99 Å². The molecule has 1 saturated heterocycles. The molecule has 152 valence electrons. The van der Waals surface area contributed by atoms with Gasteiger partial charge in [-0.15, -0.1) is 24.0 Å². The van der Waals surface area contributed by atoms with Gasteiger partial charge >= 0.3 is 0 Å². The maximum Gasteiger partial charge on any atom is 0.251 e. The molecule has 6 nitrogen and oxygen atoms in total. The number of guanidine groups is 1. The molecule has 0 aliphatic carbocycles. The molecule has 0 radical (unpaired) electrons. The molecule has 1 unspecified atom stereocenters. The SMILES string of the molecule is CCNC(=NCC1CCCN1CC)NCCNC(=O)c1cccc(Br)c1.I. The summed E-state index contributed by atoms with van der Waals surface area (Å²) in [6.07, 6.45) is 2.49. The summed E-state index contributed by atoms with van der Waals surface area (Å²) in [5.41, 5.74) is 0.654. The Kier molecular flexibility index (Phi) is 11.9. The summed E-state index contributed by atoms with van der Waals surface area (Å²) in [6, 6.07) is 7.93. The number of halogens is 2. The molecule has 8 heteroatoms. The lowest BCUT2D eigenvalue weighted by molar-refractivity contribution is 0.0954. The fourth-order valence-corrected chi connectivity index (χ4v) is 3.54. The van der Waals surface area contributed by atoms with Crippen LogP contribution >= 0.6 is 39.9 Å². The van der Waals surface area contributed by atoms with E-state index in [0.29, 0.717) is 24.7 Å². The number of carbonyl (C=O) groups excluding carboxylic acids is 1. The van der Waals surface area contributed by atoms with Crippen LogP contribution in [0.25, 0.3) is 0 Å². The second kappa shape index (κ2) is 13.3. The molecule has 27 heavy (non-hydrogen) atoms. The summed E-state index contributed by atoms with van der Waals surface area (Å²) >= 11 is 3.38. The van der Waals surface area contributed by atoms with Crippen LogP contribution in [-0.2, 0) is 0 Å². The molecule has 1 aliphatic heterocycles. The molecular weight excluding hydrogens is 521 g/mol. The number of amides is 1. The Balaban J connectivity index is 0.00000364. The number of hydrogen-bond donors (Lipinski definition) is 3. The van der Waals surface area contributed by atoms with E-state index in [2.05, 4.69) is 50.6 Å². The zero-order valence-electron chi connectivity index (χ0n) is 16.1. The molecule has 0 bridgehead atoms. The average molecular weight is 552 g/mol. The number of nitrogens with one attached hydrogen (secondary N) is 3. The zero-order valence-corrected chi connectivity index (χ0v) is 20.0. The maximum atomic E-state index is 12.1. The van der Waals surface area contributed by atoms with E-state index in [0.717, 1.165) is 30.1 Å². The first-order valence-electron chi connectivity index (χ1n) is 9.44. The van der Waals surface area contributed by atoms with Gasteiger partial charge in [0.2, 0.25) is 0 Å². The van der Waals surface area contributed by atoms with Gasteiger partial charge in [0.15, 0.2) is 5.96 Å². The third-order valence-electron chi connectivity index (χ3n) is 4.50. The minimum atomic E-state index is -0.0698. The first-order valence-corrected chi connectivity index (χ1v) is 10.2. The largest absolute Gasteiger partial charge is 0.357 e. The predicted molar refractivity (Wildman–Crippen MR) is 126 cm³/mol. The van der Waals surface area contributed by atoms with Gasteiger partial charge in [-0.1, -0.05) is 28.9 Å². The fraction of sp³-hybridized carbons (Fsp3) is 0.579. The van der Waals surface area contributed by atoms with Crippen molar-refractivity contribution in [2.45, 2.75) is 32.7 Å². The molecule has 0 saturated carbocycles. The molecule has 1 atom stereocenters. The molecule has 2 rings (SSSR count). The van der Waals surface area contributed by atoms with E-state index in [9.17, 15) is 4.79 Å². The number of likely N-dealkylation sites (N-methyl/N-ethyl adjacent to an activating group) is 1. The summed E-state index contributed by atoms with van der Waals surface area (Å²) in [5, 5.41) is 9.48. The van der Waals surface area contributed by atoms with Crippen LogP contribution in [-0.4, -0.2) is 62.1 Å². The molecule has 3 N–H and O–H groups in total. The molecule has 0 aromatic heterocycles. The van der Waals surface area contributed by atoms with Gasteiger partial charge in [0.25, 0.3) is 5.91 Å². The summed E-state index contributed by atoms with van der Waals surface area (Å²) in [4.78, 5) is 19.3. The van der Waals surface area contributed by atoms with Gasteiger partial charge < -0.3 is 16.0 Å². The van der Waals surface area contributed by atoms with Crippen molar-refractivity contribution in [1.29, 1.82) is 0 Å². The standard InChI is InChI=1S/C19H30BrN5O.HI/c1-3-21-19(24-14-17-9-6-12-25(17)4-2)23-11-10-22-18(26)15-7-5-8-16(20)13-15;/h5,7-8,13,17H,3-4,6,9-12,14H2,1-2H3,(H,22,26)(H2,21,23,24);1H. The Morgan fingerprint density at radius 3 is 2.74 bits per heavy atom.